The maximum Gasteiger partial charge on any atom is 0.274 e. The molecule has 2 aromatic carbocycles. The van der Waals surface area contributed by atoms with E-state index in [4.69, 9.17) is 0 Å². The van der Waals surface area contributed by atoms with Crippen LogP contribution in [0.2, 0.25) is 0 Å². The summed E-state index contributed by atoms with van der Waals surface area (Å²) in [4.78, 5) is 34.3. The van der Waals surface area contributed by atoms with Crippen LogP contribution in [0.15, 0.2) is 42.5 Å². The number of hydrogen-bond acceptors (Lipinski definition) is 5. The molecule has 3 rings (SSSR count). The molecule has 1 saturated carbocycles. The van der Waals surface area contributed by atoms with Crippen LogP contribution in [-0.4, -0.2) is 23.3 Å². The molecule has 1 fully saturated rings. The summed E-state index contributed by atoms with van der Waals surface area (Å²) in [7, 11) is 0. The van der Waals surface area contributed by atoms with E-state index in [1.807, 2.05) is 0 Å². The fraction of sp³-hybridized carbons (Fsp3) is 0.263. The third-order valence-corrected chi connectivity index (χ3v) is 4.33. The smallest absolute Gasteiger partial charge is 0.274 e. The second-order valence-corrected chi connectivity index (χ2v) is 6.45. The van der Waals surface area contributed by atoms with E-state index in [1.54, 1.807) is 37.3 Å². The van der Waals surface area contributed by atoms with Crippen molar-refractivity contribution in [2.24, 2.45) is 5.92 Å². The van der Waals surface area contributed by atoms with Gasteiger partial charge < -0.3 is 16.0 Å². The van der Waals surface area contributed by atoms with Crippen molar-refractivity contribution in [2.75, 3.05) is 22.5 Å². The molecule has 0 aliphatic heterocycles. The van der Waals surface area contributed by atoms with E-state index in [0.717, 1.165) is 18.5 Å². The lowest BCUT2D eigenvalue weighted by atomic mass is 10.1. The Kier molecular flexibility index (Phi) is 5.35. The molecular formula is C19H20N4O4. The summed E-state index contributed by atoms with van der Waals surface area (Å²) in [6.07, 6.45) is 1.90. The number of carbonyl (C=O) groups excluding carboxylic acids is 2. The fourth-order valence-electron chi connectivity index (χ4n) is 2.59. The topological polar surface area (TPSA) is 113 Å². The predicted molar refractivity (Wildman–Crippen MR) is 103 cm³/mol. The Morgan fingerprint density at radius 1 is 1.07 bits per heavy atom. The van der Waals surface area contributed by atoms with Crippen molar-refractivity contribution in [1.82, 2.24) is 0 Å². The molecule has 1 aliphatic rings. The van der Waals surface area contributed by atoms with Crippen LogP contribution in [-0.2, 0) is 9.59 Å². The van der Waals surface area contributed by atoms with Gasteiger partial charge in [0.2, 0.25) is 11.8 Å². The molecule has 0 heterocycles. The van der Waals surface area contributed by atoms with Crippen molar-refractivity contribution < 1.29 is 14.5 Å². The Hall–Kier alpha value is -3.42. The van der Waals surface area contributed by atoms with Gasteiger partial charge in [-0.2, -0.15) is 0 Å². The number of hydrogen-bond donors (Lipinski definition) is 3. The first kappa shape index (κ1) is 18.4. The molecule has 0 atom stereocenters. The summed E-state index contributed by atoms with van der Waals surface area (Å²) in [5, 5.41) is 19.5. The molecule has 0 radical (unpaired) electrons. The third-order valence-electron chi connectivity index (χ3n) is 4.33. The zero-order valence-electron chi connectivity index (χ0n) is 14.8. The number of amides is 2. The zero-order valence-corrected chi connectivity index (χ0v) is 14.8. The van der Waals surface area contributed by atoms with Crippen molar-refractivity contribution in [2.45, 2.75) is 19.8 Å². The number of nitrogens with one attached hydrogen (secondary N) is 3. The van der Waals surface area contributed by atoms with Gasteiger partial charge in [-0.25, -0.2) is 0 Å². The summed E-state index contributed by atoms with van der Waals surface area (Å²) in [5.41, 5.74) is 2.23. The maximum absolute atomic E-state index is 12.1. The highest BCUT2D eigenvalue weighted by Crippen LogP contribution is 2.30. The zero-order chi connectivity index (χ0) is 19.4. The van der Waals surface area contributed by atoms with Gasteiger partial charge in [0, 0.05) is 23.4 Å². The van der Waals surface area contributed by atoms with Crippen molar-refractivity contribution in [3.8, 4) is 0 Å². The van der Waals surface area contributed by atoms with E-state index < -0.39 is 4.92 Å². The number of carbonyl (C=O) groups is 2. The molecule has 2 amide bonds. The van der Waals surface area contributed by atoms with Crippen molar-refractivity contribution in [3.05, 3.63) is 58.1 Å². The standard InChI is InChI=1S/C19H20N4O4/c1-12-16(3-2-4-17(12)23(26)27)22-18(24)11-20-14-7-9-15(10-8-14)21-19(25)13-5-6-13/h2-4,7-10,13,20H,5-6,11H2,1H3,(H,21,25)(H,22,24). The number of rotatable bonds is 7. The van der Waals surface area contributed by atoms with Gasteiger partial charge >= 0.3 is 0 Å². The maximum atomic E-state index is 12.1. The molecular weight excluding hydrogens is 348 g/mol. The van der Waals surface area contributed by atoms with Gasteiger partial charge in [0.15, 0.2) is 0 Å². The van der Waals surface area contributed by atoms with Crippen LogP contribution in [0, 0.1) is 23.0 Å². The number of nitro groups is 1. The van der Waals surface area contributed by atoms with E-state index >= 15 is 0 Å². The lowest BCUT2D eigenvalue weighted by molar-refractivity contribution is -0.385. The molecule has 0 saturated heterocycles. The molecule has 0 spiro atoms. The highest BCUT2D eigenvalue weighted by Gasteiger charge is 2.29. The molecule has 2 aromatic rings. The summed E-state index contributed by atoms with van der Waals surface area (Å²) in [6, 6.07) is 11.6. The van der Waals surface area contributed by atoms with Gasteiger partial charge in [-0.3, -0.25) is 19.7 Å². The highest BCUT2D eigenvalue weighted by atomic mass is 16.6. The summed E-state index contributed by atoms with van der Waals surface area (Å²) < 4.78 is 0. The van der Waals surface area contributed by atoms with Crippen molar-refractivity contribution in [3.63, 3.8) is 0 Å². The second kappa shape index (κ2) is 7.86. The van der Waals surface area contributed by atoms with Gasteiger partial charge in [-0.1, -0.05) is 6.07 Å². The number of benzene rings is 2. The third kappa shape index (κ3) is 4.81. The molecule has 8 heteroatoms. The average Bonchev–Trinajstić information content (AvgIpc) is 3.48. The molecule has 1 aliphatic carbocycles. The Balaban J connectivity index is 1.52. The van der Waals surface area contributed by atoms with Crippen LogP contribution in [0.25, 0.3) is 0 Å². The highest BCUT2D eigenvalue weighted by molar-refractivity contribution is 5.95. The minimum absolute atomic E-state index is 0.00983. The first-order chi connectivity index (χ1) is 12.9. The largest absolute Gasteiger partial charge is 0.376 e. The predicted octanol–water partition coefficient (Wildman–Crippen LogP) is 3.30. The van der Waals surface area contributed by atoms with Gasteiger partial charge in [0.25, 0.3) is 5.69 Å². The minimum Gasteiger partial charge on any atom is -0.376 e. The molecule has 27 heavy (non-hydrogen) atoms. The van der Waals surface area contributed by atoms with E-state index in [-0.39, 0.29) is 30.0 Å². The fourth-order valence-corrected chi connectivity index (χ4v) is 2.59. The number of anilines is 3. The monoisotopic (exact) mass is 368 g/mol. The van der Waals surface area contributed by atoms with Crippen LogP contribution in [0.3, 0.4) is 0 Å². The Labute approximate surface area is 156 Å². The van der Waals surface area contributed by atoms with E-state index in [1.165, 1.54) is 12.1 Å². The lowest BCUT2D eigenvalue weighted by Crippen LogP contribution is -2.22. The molecule has 3 N–H and O–H groups in total. The van der Waals surface area contributed by atoms with Gasteiger partial charge in [0.1, 0.15) is 0 Å². The molecule has 0 aromatic heterocycles. The normalized spacial score (nSPS) is 12.9. The molecule has 8 nitrogen and oxygen atoms in total. The van der Waals surface area contributed by atoms with Gasteiger partial charge in [-0.05, 0) is 50.1 Å². The van der Waals surface area contributed by atoms with E-state index in [2.05, 4.69) is 16.0 Å². The SMILES string of the molecule is Cc1c(NC(=O)CNc2ccc(NC(=O)C3CC3)cc2)cccc1[N+](=O)[O-]. The van der Waals surface area contributed by atoms with E-state index in [9.17, 15) is 19.7 Å². The van der Waals surface area contributed by atoms with Crippen LogP contribution in [0.4, 0.5) is 22.7 Å². The van der Waals surface area contributed by atoms with Gasteiger partial charge in [-0.15, -0.1) is 0 Å². The quantitative estimate of drug-likeness (QED) is 0.512. The number of nitro benzene ring substituents is 1. The van der Waals surface area contributed by atoms with Gasteiger partial charge in [0.05, 0.1) is 22.7 Å². The van der Waals surface area contributed by atoms with Crippen molar-refractivity contribution in [1.29, 1.82) is 0 Å². The minimum atomic E-state index is -0.479. The van der Waals surface area contributed by atoms with Crippen LogP contribution >= 0.6 is 0 Å². The Morgan fingerprint density at radius 3 is 2.37 bits per heavy atom. The first-order valence-electron chi connectivity index (χ1n) is 8.62. The van der Waals surface area contributed by atoms with Crippen LogP contribution in [0.5, 0.6) is 0 Å². The summed E-state index contributed by atoms with van der Waals surface area (Å²) in [6.45, 7) is 1.60. The first-order valence-corrected chi connectivity index (χ1v) is 8.62. The van der Waals surface area contributed by atoms with E-state index in [0.29, 0.717) is 16.9 Å². The number of nitrogens with zero attached hydrogens (tertiary/aromatic N) is 1. The molecule has 0 unspecified atom stereocenters. The molecule has 0 bridgehead atoms. The molecule has 140 valence electrons. The summed E-state index contributed by atoms with van der Waals surface area (Å²) >= 11 is 0. The van der Waals surface area contributed by atoms with Crippen LogP contribution < -0.4 is 16.0 Å². The average molecular weight is 368 g/mol. The lowest BCUT2D eigenvalue weighted by Gasteiger charge is -2.11. The van der Waals surface area contributed by atoms with Crippen molar-refractivity contribution >= 4 is 34.6 Å². The second-order valence-electron chi connectivity index (χ2n) is 6.45. The Morgan fingerprint density at radius 2 is 1.74 bits per heavy atom. The Bertz CT molecular complexity index is 876. The van der Waals surface area contributed by atoms with Crippen LogP contribution in [0.1, 0.15) is 18.4 Å². The summed E-state index contributed by atoms with van der Waals surface area (Å²) in [5.74, 6) is -0.129.